The van der Waals surface area contributed by atoms with Gasteiger partial charge in [-0.05, 0) is 58.6 Å². The molecule has 0 fully saturated rings. The van der Waals surface area contributed by atoms with Gasteiger partial charge in [0.2, 0.25) is 0 Å². The molecule has 3 nitrogen and oxygen atoms in total. The fourth-order valence-corrected chi connectivity index (χ4v) is 3.14. The Balaban J connectivity index is 2.79. The van der Waals surface area contributed by atoms with E-state index in [-0.39, 0.29) is 0 Å². The van der Waals surface area contributed by atoms with Crippen LogP contribution < -0.4 is 10.2 Å². The van der Waals surface area contributed by atoms with Crippen LogP contribution in [-0.4, -0.2) is 44.7 Å². The Morgan fingerprint density at radius 1 is 1.24 bits per heavy atom. The van der Waals surface area contributed by atoms with Crippen molar-refractivity contribution in [2.75, 3.05) is 38.6 Å². The highest BCUT2D eigenvalue weighted by molar-refractivity contribution is 9.10. The Morgan fingerprint density at radius 2 is 1.95 bits per heavy atom. The molecule has 0 saturated heterocycles. The van der Waals surface area contributed by atoms with Crippen LogP contribution in [0.5, 0.6) is 0 Å². The number of benzene rings is 1. The third-order valence-corrected chi connectivity index (χ3v) is 4.35. The van der Waals surface area contributed by atoms with Crippen LogP contribution >= 0.6 is 15.9 Å². The quantitative estimate of drug-likeness (QED) is 0.681. The van der Waals surface area contributed by atoms with Crippen molar-refractivity contribution in [2.24, 2.45) is 0 Å². The first-order chi connectivity index (χ1) is 9.99. The fraction of sp³-hybridized carbons (Fsp3) is 0.647. The van der Waals surface area contributed by atoms with Crippen LogP contribution in [0, 0.1) is 0 Å². The lowest BCUT2D eigenvalue weighted by Gasteiger charge is -2.32. The molecule has 0 aliphatic carbocycles. The number of hydrogen-bond acceptors (Lipinski definition) is 3. The van der Waals surface area contributed by atoms with Gasteiger partial charge < -0.3 is 15.1 Å². The first-order valence-electron chi connectivity index (χ1n) is 7.90. The van der Waals surface area contributed by atoms with Gasteiger partial charge in [0.15, 0.2) is 0 Å². The maximum atomic E-state index is 3.72. The Morgan fingerprint density at radius 3 is 2.48 bits per heavy atom. The molecule has 0 aliphatic heterocycles. The van der Waals surface area contributed by atoms with Crippen molar-refractivity contribution in [2.45, 2.75) is 39.8 Å². The van der Waals surface area contributed by atoms with E-state index in [0.717, 1.165) is 26.2 Å². The Hall–Kier alpha value is -0.580. The maximum Gasteiger partial charge on any atom is 0.0388 e. The second-order valence-electron chi connectivity index (χ2n) is 5.85. The van der Waals surface area contributed by atoms with Crippen molar-refractivity contribution in [3.8, 4) is 0 Å². The van der Waals surface area contributed by atoms with E-state index in [9.17, 15) is 0 Å². The summed E-state index contributed by atoms with van der Waals surface area (Å²) in [5.41, 5.74) is 2.61. The molecular weight excluding hydrogens is 326 g/mol. The van der Waals surface area contributed by atoms with Crippen LogP contribution in [0.3, 0.4) is 0 Å². The summed E-state index contributed by atoms with van der Waals surface area (Å²) in [4.78, 5) is 4.69. The molecule has 0 radical (unpaired) electrons. The van der Waals surface area contributed by atoms with E-state index >= 15 is 0 Å². The van der Waals surface area contributed by atoms with Crippen molar-refractivity contribution in [3.05, 3.63) is 28.2 Å². The number of anilines is 1. The van der Waals surface area contributed by atoms with E-state index in [1.54, 1.807) is 0 Å². The molecule has 120 valence electrons. The molecule has 1 aromatic carbocycles. The third kappa shape index (κ3) is 5.97. The molecule has 21 heavy (non-hydrogen) atoms. The number of nitrogens with one attached hydrogen (secondary N) is 1. The first kappa shape index (κ1) is 18.5. The second kappa shape index (κ2) is 9.44. The van der Waals surface area contributed by atoms with E-state index < -0.39 is 0 Å². The van der Waals surface area contributed by atoms with Crippen molar-refractivity contribution in [1.29, 1.82) is 0 Å². The Labute approximate surface area is 138 Å². The molecule has 1 rings (SSSR count). The minimum atomic E-state index is 0.501. The van der Waals surface area contributed by atoms with Gasteiger partial charge in [0.25, 0.3) is 0 Å². The molecule has 0 amide bonds. The van der Waals surface area contributed by atoms with Crippen LogP contribution in [0.1, 0.15) is 32.8 Å². The Bertz CT molecular complexity index is 420. The number of rotatable bonds is 9. The summed E-state index contributed by atoms with van der Waals surface area (Å²) in [7, 11) is 4.26. The molecule has 4 heteroatoms. The predicted octanol–water partition coefficient (Wildman–Crippen LogP) is 3.73. The van der Waals surface area contributed by atoms with Crippen LogP contribution in [0.15, 0.2) is 22.7 Å². The molecule has 1 atom stereocenters. The van der Waals surface area contributed by atoms with Crippen molar-refractivity contribution < 1.29 is 0 Å². The highest BCUT2D eigenvalue weighted by Crippen LogP contribution is 2.25. The lowest BCUT2D eigenvalue weighted by molar-refractivity contribution is 0.373. The van der Waals surface area contributed by atoms with E-state index in [2.05, 4.69) is 84.1 Å². The van der Waals surface area contributed by atoms with Gasteiger partial charge in [-0.2, -0.15) is 0 Å². The standard InChI is InChI=1S/C17H30BrN3/c1-6-10-19-12-15-8-9-16(11-17(15)18)21(7-2)14(3)13-20(4)5/h8-9,11,14,19H,6-7,10,12-13H2,1-5H3. The van der Waals surface area contributed by atoms with Gasteiger partial charge in [-0.25, -0.2) is 0 Å². The van der Waals surface area contributed by atoms with E-state index in [1.165, 1.54) is 22.1 Å². The van der Waals surface area contributed by atoms with Crippen molar-refractivity contribution >= 4 is 21.6 Å². The summed E-state index contributed by atoms with van der Waals surface area (Å²) >= 11 is 3.72. The van der Waals surface area contributed by atoms with Crippen molar-refractivity contribution in [3.63, 3.8) is 0 Å². The number of likely N-dealkylation sites (N-methyl/N-ethyl adjacent to an activating group) is 2. The average molecular weight is 356 g/mol. The molecule has 0 spiro atoms. The molecule has 0 saturated carbocycles. The van der Waals surface area contributed by atoms with Gasteiger partial charge in [-0.15, -0.1) is 0 Å². The van der Waals surface area contributed by atoms with Gasteiger partial charge in [-0.3, -0.25) is 0 Å². The molecule has 0 aliphatic rings. The van der Waals surface area contributed by atoms with E-state index in [1.807, 2.05) is 0 Å². The van der Waals surface area contributed by atoms with Crippen LogP contribution in [0.25, 0.3) is 0 Å². The minimum Gasteiger partial charge on any atom is -0.368 e. The zero-order chi connectivity index (χ0) is 15.8. The molecule has 0 aromatic heterocycles. The third-order valence-electron chi connectivity index (χ3n) is 3.61. The number of hydrogen-bond donors (Lipinski definition) is 1. The largest absolute Gasteiger partial charge is 0.368 e. The smallest absolute Gasteiger partial charge is 0.0388 e. The summed E-state index contributed by atoms with van der Waals surface area (Å²) in [6, 6.07) is 7.22. The molecular formula is C17H30BrN3. The summed E-state index contributed by atoms with van der Waals surface area (Å²) < 4.78 is 1.19. The maximum absolute atomic E-state index is 3.72. The van der Waals surface area contributed by atoms with E-state index in [4.69, 9.17) is 0 Å². The van der Waals surface area contributed by atoms with Gasteiger partial charge in [0, 0.05) is 35.8 Å². The highest BCUT2D eigenvalue weighted by Gasteiger charge is 2.14. The van der Waals surface area contributed by atoms with Crippen LogP contribution in [0.4, 0.5) is 5.69 Å². The van der Waals surface area contributed by atoms with Crippen LogP contribution in [-0.2, 0) is 6.54 Å². The van der Waals surface area contributed by atoms with Gasteiger partial charge in [0.05, 0.1) is 0 Å². The summed E-state index contributed by atoms with van der Waals surface area (Å²) in [5.74, 6) is 0. The van der Waals surface area contributed by atoms with Gasteiger partial charge >= 0.3 is 0 Å². The molecule has 0 heterocycles. The topological polar surface area (TPSA) is 18.5 Å². The van der Waals surface area contributed by atoms with Crippen LogP contribution in [0.2, 0.25) is 0 Å². The minimum absolute atomic E-state index is 0.501. The number of halogens is 1. The normalized spacial score (nSPS) is 12.7. The average Bonchev–Trinajstić information content (AvgIpc) is 2.41. The molecule has 0 bridgehead atoms. The lowest BCUT2D eigenvalue weighted by atomic mass is 10.1. The Kier molecular flexibility index (Phi) is 8.30. The predicted molar refractivity (Wildman–Crippen MR) is 97.2 cm³/mol. The zero-order valence-corrected chi connectivity index (χ0v) is 15.7. The summed E-state index contributed by atoms with van der Waals surface area (Å²) in [5, 5.41) is 3.45. The summed E-state index contributed by atoms with van der Waals surface area (Å²) in [6.07, 6.45) is 1.17. The lowest BCUT2D eigenvalue weighted by Crippen LogP contribution is -2.40. The van der Waals surface area contributed by atoms with Gasteiger partial charge in [0.1, 0.15) is 0 Å². The molecule has 1 N–H and O–H groups in total. The molecule has 1 aromatic rings. The second-order valence-corrected chi connectivity index (χ2v) is 6.70. The van der Waals surface area contributed by atoms with Gasteiger partial charge in [-0.1, -0.05) is 28.9 Å². The first-order valence-corrected chi connectivity index (χ1v) is 8.69. The SMILES string of the molecule is CCCNCc1ccc(N(CC)C(C)CN(C)C)cc1Br. The monoisotopic (exact) mass is 355 g/mol. The highest BCUT2D eigenvalue weighted by atomic mass is 79.9. The van der Waals surface area contributed by atoms with E-state index in [0.29, 0.717) is 6.04 Å². The zero-order valence-electron chi connectivity index (χ0n) is 14.1. The molecule has 1 unspecified atom stereocenters. The van der Waals surface area contributed by atoms with Crippen molar-refractivity contribution in [1.82, 2.24) is 10.2 Å². The number of nitrogens with zero attached hydrogens (tertiary/aromatic N) is 2. The summed E-state index contributed by atoms with van der Waals surface area (Å²) in [6.45, 7) is 10.8. The fourth-order valence-electron chi connectivity index (χ4n) is 2.63.